The highest BCUT2D eigenvalue weighted by Crippen LogP contribution is 2.11. The third-order valence-corrected chi connectivity index (χ3v) is 3.71. The Morgan fingerprint density at radius 1 is 1.12 bits per heavy atom. The van der Waals surface area contributed by atoms with Crippen LogP contribution in [0.4, 0.5) is 5.69 Å². The van der Waals surface area contributed by atoms with Gasteiger partial charge in [-0.05, 0) is 42.7 Å². The smallest absolute Gasteiger partial charge is 0.269 e. The number of rotatable bonds is 9. The summed E-state index contributed by atoms with van der Waals surface area (Å²) in [6.07, 6.45) is 4.74. The highest BCUT2D eigenvalue weighted by molar-refractivity contribution is 5.92. The summed E-state index contributed by atoms with van der Waals surface area (Å²) in [4.78, 5) is 16.3. The Hall–Kier alpha value is -2.56. The van der Waals surface area contributed by atoms with Crippen molar-refractivity contribution in [2.45, 2.75) is 26.2 Å². The van der Waals surface area contributed by atoms with E-state index in [1.54, 1.807) is 19.4 Å². The minimum atomic E-state index is -0.149. The molecule has 0 aliphatic carbocycles. The lowest BCUT2D eigenvalue weighted by molar-refractivity contribution is 0.0949. The van der Waals surface area contributed by atoms with Crippen LogP contribution in [0.3, 0.4) is 0 Å². The van der Waals surface area contributed by atoms with Gasteiger partial charge in [0.15, 0.2) is 0 Å². The highest BCUT2D eigenvalue weighted by Gasteiger charge is 2.06. The van der Waals surface area contributed by atoms with Crippen molar-refractivity contribution in [3.63, 3.8) is 0 Å². The lowest BCUT2D eigenvalue weighted by Gasteiger charge is -2.07. The van der Waals surface area contributed by atoms with Gasteiger partial charge >= 0.3 is 0 Å². The molecular formula is C19H25N3O2. The summed E-state index contributed by atoms with van der Waals surface area (Å²) in [5, 5.41) is 6.18. The molecule has 0 aliphatic heterocycles. The van der Waals surface area contributed by atoms with Crippen molar-refractivity contribution < 1.29 is 9.53 Å². The third kappa shape index (κ3) is 5.57. The van der Waals surface area contributed by atoms with Crippen molar-refractivity contribution in [2.24, 2.45) is 0 Å². The summed E-state index contributed by atoms with van der Waals surface area (Å²) in [6, 6.07) is 11.5. The summed E-state index contributed by atoms with van der Waals surface area (Å²) in [5.74, 6) is 0.684. The van der Waals surface area contributed by atoms with Crippen molar-refractivity contribution in [3.8, 4) is 5.75 Å². The van der Waals surface area contributed by atoms with E-state index in [-0.39, 0.29) is 5.91 Å². The molecular weight excluding hydrogens is 302 g/mol. The van der Waals surface area contributed by atoms with E-state index in [4.69, 9.17) is 4.74 Å². The van der Waals surface area contributed by atoms with Crippen LogP contribution in [0.15, 0.2) is 42.6 Å². The number of ether oxygens (including phenoxy) is 1. The van der Waals surface area contributed by atoms with E-state index in [0.29, 0.717) is 12.2 Å². The molecule has 0 saturated heterocycles. The van der Waals surface area contributed by atoms with Crippen LogP contribution < -0.4 is 15.4 Å². The maximum Gasteiger partial charge on any atom is 0.269 e. The zero-order valence-corrected chi connectivity index (χ0v) is 14.3. The van der Waals surface area contributed by atoms with E-state index in [1.165, 1.54) is 0 Å². The minimum Gasteiger partial charge on any atom is -0.497 e. The van der Waals surface area contributed by atoms with Gasteiger partial charge in [0.25, 0.3) is 5.91 Å². The molecule has 0 spiro atoms. The maximum absolute atomic E-state index is 12.1. The van der Waals surface area contributed by atoms with E-state index >= 15 is 0 Å². The second-order valence-corrected chi connectivity index (χ2v) is 5.57. The Kier molecular flexibility index (Phi) is 7.08. The van der Waals surface area contributed by atoms with Crippen LogP contribution in [0.25, 0.3) is 0 Å². The molecule has 128 valence electrons. The van der Waals surface area contributed by atoms with Gasteiger partial charge in [0, 0.05) is 13.1 Å². The number of aromatic nitrogens is 1. The van der Waals surface area contributed by atoms with Gasteiger partial charge < -0.3 is 15.4 Å². The average Bonchev–Trinajstić information content (AvgIpc) is 2.63. The number of carbonyl (C=O) groups excluding carboxylic acids is 1. The Balaban J connectivity index is 1.77. The summed E-state index contributed by atoms with van der Waals surface area (Å²) in [7, 11) is 1.65. The number of anilines is 1. The molecule has 0 unspecified atom stereocenters. The van der Waals surface area contributed by atoms with Crippen molar-refractivity contribution in [1.29, 1.82) is 0 Å². The fraction of sp³-hybridized carbons (Fsp3) is 0.368. The fourth-order valence-corrected chi connectivity index (χ4v) is 2.25. The number of nitrogens with one attached hydrogen (secondary N) is 2. The molecule has 2 aromatic rings. The molecule has 1 aromatic carbocycles. The number of benzene rings is 1. The van der Waals surface area contributed by atoms with Crippen LogP contribution in [-0.2, 0) is 6.42 Å². The summed E-state index contributed by atoms with van der Waals surface area (Å²) < 4.78 is 5.13. The topological polar surface area (TPSA) is 63.2 Å². The number of amides is 1. The Labute approximate surface area is 143 Å². The van der Waals surface area contributed by atoms with Gasteiger partial charge in [0.05, 0.1) is 19.0 Å². The minimum absolute atomic E-state index is 0.149. The van der Waals surface area contributed by atoms with Crippen LogP contribution in [0, 0.1) is 0 Å². The standard InChI is InChI=1S/C19H25N3O2/c1-3-4-12-20-16-7-10-18(22-14-16)19(23)21-13-11-15-5-8-17(24-2)9-6-15/h5-10,14,20H,3-4,11-13H2,1-2H3,(H,21,23). The molecule has 0 bridgehead atoms. The van der Waals surface area contributed by atoms with Crippen LogP contribution in [0.1, 0.15) is 35.8 Å². The van der Waals surface area contributed by atoms with E-state index in [9.17, 15) is 4.79 Å². The largest absolute Gasteiger partial charge is 0.497 e. The summed E-state index contributed by atoms with van der Waals surface area (Å²) in [5.41, 5.74) is 2.53. The molecule has 1 amide bonds. The van der Waals surface area contributed by atoms with Gasteiger partial charge in [-0.25, -0.2) is 4.98 Å². The number of carbonyl (C=O) groups is 1. The van der Waals surface area contributed by atoms with E-state index in [2.05, 4.69) is 22.5 Å². The zero-order chi connectivity index (χ0) is 17.2. The van der Waals surface area contributed by atoms with Crippen molar-refractivity contribution in [1.82, 2.24) is 10.3 Å². The molecule has 0 aliphatic rings. The first-order valence-electron chi connectivity index (χ1n) is 8.34. The average molecular weight is 327 g/mol. The number of unbranched alkanes of at least 4 members (excludes halogenated alkanes) is 1. The van der Waals surface area contributed by atoms with Crippen LogP contribution >= 0.6 is 0 Å². The Morgan fingerprint density at radius 2 is 1.92 bits per heavy atom. The Morgan fingerprint density at radius 3 is 2.54 bits per heavy atom. The monoisotopic (exact) mass is 327 g/mol. The SMILES string of the molecule is CCCCNc1ccc(C(=O)NCCc2ccc(OC)cc2)nc1. The van der Waals surface area contributed by atoms with Crippen molar-refractivity contribution >= 4 is 11.6 Å². The van der Waals surface area contributed by atoms with Crippen LogP contribution in [-0.4, -0.2) is 31.1 Å². The Bertz CT molecular complexity index is 624. The van der Waals surface area contributed by atoms with Gasteiger partial charge in [0.1, 0.15) is 11.4 Å². The lowest BCUT2D eigenvalue weighted by atomic mass is 10.1. The molecule has 0 atom stereocenters. The number of pyridine rings is 1. The fourth-order valence-electron chi connectivity index (χ4n) is 2.25. The predicted octanol–water partition coefficient (Wildman–Crippen LogP) is 3.27. The normalized spacial score (nSPS) is 10.2. The van der Waals surface area contributed by atoms with Crippen LogP contribution in [0.2, 0.25) is 0 Å². The van der Waals surface area contributed by atoms with Gasteiger partial charge in [0.2, 0.25) is 0 Å². The van der Waals surface area contributed by atoms with Crippen LogP contribution in [0.5, 0.6) is 5.75 Å². The third-order valence-electron chi connectivity index (χ3n) is 3.71. The molecule has 0 saturated carbocycles. The molecule has 0 fully saturated rings. The summed E-state index contributed by atoms with van der Waals surface area (Å²) in [6.45, 7) is 3.65. The first-order valence-corrected chi connectivity index (χ1v) is 8.34. The van der Waals surface area contributed by atoms with Gasteiger partial charge in [-0.3, -0.25) is 4.79 Å². The first kappa shape index (κ1) is 17.8. The van der Waals surface area contributed by atoms with Crippen molar-refractivity contribution in [2.75, 3.05) is 25.5 Å². The lowest BCUT2D eigenvalue weighted by Crippen LogP contribution is -2.26. The quantitative estimate of drug-likeness (QED) is 0.694. The van der Waals surface area contributed by atoms with E-state index < -0.39 is 0 Å². The van der Waals surface area contributed by atoms with Gasteiger partial charge in [-0.15, -0.1) is 0 Å². The maximum atomic E-state index is 12.1. The second-order valence-electron chi connectivity index (χ2n) is 5.57. The molecule has 5 nitrogen and oxygen atoms in total. The molecule has 0 radical (unpaired) electrons. The summed E-state index contributed by atoms with van der Waals surface area (Å²) >= 11 is 0. The molecule has 5 heteroatoms. The van der Waals surface area contributed by atoms with Gasteiger partial charge in [-0.1, -0.05) is 25.5 Å². The zero-order valence-electron chi connectivity index (χ0n) is 14.3. The molecule has 1 heterocycles. The second kappa shape index (κ2) is 9.55. The number of methoxy groups -OCH3 is 1. The van der Waals surface area contributed by atoms with E-state index in [1.807, 2.05) is 30.3 Å². The molecule has 2 rings (SSSR count). The number of hydrogen-bond acceptors (Lipinski definition) is 4. The van der Waals surface area contributed by atoms with Crippen molar-refractivity contribution in [3.05, 3.63) is 53.9 Å². The van der Waals surface area contributed by atoms with E-state index in [0.717, 1.165) is 42.8 Å². The predicted molar refractivity (Wildman–Crippen MR) is 96.7 cm³/mol. The highest BCUT2D eigenvalue weighted by atomic mass is 16.5. The molecule has 2 N–H and O–H groups in total. The van der Waals surface area contributed by atoms with Gasteiger partial charge in [-0.2, -0.15) is 0 Å². The number of hydrogen-bond donors (Lipinski definition) is 2. The number of nitrogens with zero attached hydrogens (tertiary/aromatic N) is 1. The molecule has 1 aromatic heterocycles. The first-order chi connectivity index (χ1) is 11.7. The molecule has 24 heavy (non-hydrogen) atoms.